The maximum atomic E-state index is 13.0. The van der Waals surface area contributed by atoms with E-state index >= 15 is 0 Å². The highest BCUT2D eigenvalue weighted by molar-refractivity contribution is 7.13. The molecular formula is C19H23N3O2S. The lowest BCUT2D eigenvalue weighted by atomic mass is 9.83. The van der Waals surface area contributed by atoms with Crippen molar-refractivity contribution in [3.8, 4) is 10.4 Å². The summed E-state index contributed by atoms with van der Waals surface area (Å²) in [6.07, 6.45) is 1.07. The van der Waals surface area contributed by atoms with Gasteiger partial charge in [0, 0.05) is 36.1 Å². The molecule has 0 unspecified atom stereocenters. The topological polar surface area (TPSA) is 45.6 Å². The summed E-state index contributed by atoms with van der Waals surface area (Å²) in [5, 5.41) is 2.00. The minimum atomic E-state index is 0.114. The molecule has 1 amide bonds. The van der Waals surface area contributed by atoms with Crippen LogP contribution in [0.1, 0.15) is 18.0 Å². The fourth-order valence-electron chi connectivity index (χ4n) is 4.14. The van der Waals surface area contributed by atoms with Crippen LogP contribution in [0.3, 0.4) is 0 Å². The molecule has 0 aliphatic carbocycles. The SMILES string of the molecule is CN(C)CC(=O)N1C[C@@H]2C[C@H](C1)c1ccc(-c3cccs3)c(=O)n1C2. The lowest BCUT2D eigenvalue weighted by molar-refractivity contribution is -0.134. The Morgan fingerprint density at radius 1 is 1.24 bits per heavy atom. The number of likely N-dealkylation sites (tertiary alicyclic amines) is 1. The number of aromatic nitrogens is 1. The van der Waals surface area contributed by atoms with E-state index in [9.17, 15) is 9.59 Å². The van der Waals surface area contributed by atoms with Gasteiger partial charge < -0.3 is 14.4 Å². The molecule has 25 heavy (non-hydrogen) atoms. The van der Waals surface area contributed by atoms with Crippen molar-refractivity contribution in [2.24, 2.45) is 5.92 Å². The molecule has 2 atom stereocenters. The van der Waals surface area contributed by atoms with E-state index < -0.39 is 0 Å². The van der Waals surface area contributed by atoms with E-state index in [2.05, 4.69) is 6.07 Å². The van der Waals surface area contributed by atoms with Crippen LogP contribution >= 0.6 is 11.3 Å². The number of hydrogen-bond donors (Lipinski definition) is 0. The van der Waals surface area contributed by atoms with Crippen molar-refractivity contribution in [1.82, 2.24) is 14.4 Å². The first-order chi connectivity index (χ1) is 12.0. The van der Waals surface area contributed by atoms with Crippen molar-refractivity contribution in [2.75, 3.05) is 33.7 Å². The normalized spacial score (nSPS) is 22.1. The smallest absolute Gasteiger partial charge is 0.259 e. The van der Waals surface area contributed by atoms with Crippen molar-refractivity contribution in [3.05, 3.63) is 45.7 Å². The molecule has 0 aromatic carbocycles. The average Bonchev–Trinajstić information content (AvgIpc) is 3.09. The first-order valence-corrected chi connectivity index (χ1v) is 9.61. The van der Waals surface area contributed by atoms with E-state index in [0.29, 0.717) is 12.5 Å². The van der Waals surface area contributed by atoms with Gasteiger partial charge in [0.05, 0.1) is 12.1 Å². The predicted octanol–water partition coefficient (Wildman–Crippen LogP) is 2.08. The number of rotatable bonds is 3. The second kappa shape index (κ2) is 6.42. The molecule has 0 spiro atoms. The van der Waals surface area contributed by atoms with E-state index in [1.165, 1.54) is 0 Å². The molecule has 2 aromatic heterocycles. The Bertz CT molecular complexity index is 841. The standard InChI is InChI=1S/C19H23N3O2S/c1-20(2)12-18(23)21-9-13-8-14(11-21)16-6-5-15(17-4-3-7-25-17)19(24)22(16)10-13/h3-7,13-14H,8-12H2,1-2H3/t13-,14+/m0/s1. The lowest BCUT2D eigenvalue weighted by Crippen LogP contribution is -2.51. The van der Waals surface area contributed by atoms with E-state index in [4.69, 9.17) is 0 Å². The van der Waals surface area contributed by atoms with Crippen molar-refractivity contribution < 1.29 is 4.79 Å². The Hall–Kier alpha value is -1.92. The molecule has 1 fully saturated rings. The van der Waals surface area contributed by atoms with Gasteiger partial charge in [0.1, 0.15) is 0 Å². The van der Waals surface area contributed by atoms with Crippen LogP contribution in [0.2, 0.25) is 0 Å². The van der Waals surface area contributed by atoms with Crippen molar-refractivity contribution in [2.45, 2.75) is 18.9 Å². The van der Waals surface area contributed by atoms with Gasteiger partial charge in [-0.1, -0.05) is 6.07 Å². The first kappa shape index (κ1) is 16.5. The van der Waals surface area contributed by atoms with E-state index in [0.717, 1.165) is 42.2 Å². The molecule has 2 aliphatic rings. The molecule has 2 bridgehead atoms. The molecule has 1 saturated heterocycles. The zero-order valence-corrected chi connectivity index (χ0v) is 15.5. The van der Waals surface area contributed by atoms with Crippen LogP contribution in [0.15, 0.2) is 34.4 Å². The molecule has 0 saturated carbocycles. The molecular weight excluding hydrogens is 334 g/mol. The summed E-state index contributed by atoms with van der Waals surface area (Å²) in [4.78, 5) is 30.4. The summed E-state index contributed by atoms with van der Waals surface area (Å²) in [5.74, 6) is 0.822. The summed E-state index contributed by atoms with van der Waals surface area (Å²) in [6, 6.07) is 8.03. The molecule has 4 rings (SSSR count). The van der Waals surface area contributed by atoms with Crippen LogP contribution in [-0.2, 0) is 11.3 Å². The molecule has 2 aromatic rings. The van der Waals surface area contributed by atoms with Gasteiger partial charge in [-0.15, -0.1) is 11.3 Å². The van der Waals surface area contributed by atoms with Crippen LogP contribution in [-0.4, -0.2) is 54.0 Å². The molecule has 132 valence electrons. The number of hydrogen-bond acceptors (Lipinski definition) is 4. The van der Waals surface area contributed by atoms with Gasteiger partial charge in [-0.25, -0.2) is 0 Å². The Morgan fingerprint density at radius 2 is 2.08 bits per heavy atom. The summed E-state index contributed by atoms with van der Waals surface area (Å²) >= 11 is 1.60. The second-order valence-corrected chi connectivity index (χ2v) is 8.35. The van der Waals surface area contributed by atoms with Crippen molar-refractivity contribution in [1.29, 1.82) is 0 Å². The molecule has 0 N–H and O–H groups in total. The first-order valence-electron chi connectivity index (χ1n) is 8.73. The van der Waals surface area contributed by atoms with E-state index in [-0.39, 0.29) is 17.4 Å². The van der Waals surface area contributed by atoms with Crippen LogP contribution in [0.4, 0.5) is 0 Å². The number of piperidine rings is 1. The number of amides is 1. The third kappa shape index (κ3) is 3.04. The van der Waals surface area contributed by atoms with Gasteiger partial charge in [0.25, 0.3) is 5.56 Å². The maximum Gasteiger partial charge on any atom is 0.259 e. The highest BCUT2D eigenvalue weighted by atomic mass is 32.1. The Kier molecular flexibility index (Phi) is 4.25. The quantitative estimate of drug-likeness (QED) is 0.845. The predicted molar refractivity (Wildman–Crippen MR) is 100.0 cm³/mol. The molecule has 6 heteroatoms. The van der Waals surface area contributed by atoms with Crippen molar-refractivity contribution >= 4 is 17.2 Å². The number of pyridine rings is 1. The molecule has 5 nitrogen and oxygen atoms in total. The Morgan fingerprint density at radius 3 is 2.80 bits per heavy atom. The highest BCUT2D eigenvalue weighted by Crippen LogP contribution is 2.36. The zero-order chi connectivity index (χ0) is 17.6. The van der Waals surface area contributed by atoms with Crippen LogP contribution in [0.25, 0.3) is 10.4 Å². The molecule has 0 radical (unpaired) electrons. The zero-order valence-electron chi connectivity index (χ0n) is 14.6. The lowest BCUT2D eigenvalue weighted by Gasteiger charge is -2.43. The largest absolute Gasteiger partial charge is 0.341 e. The fraction of sp³-hybridized carbons (Fsp3) is 0.474. The van der Waals surface area contributed by atoms with E-state index in [1.807, 2.05) is 52.0 Å². The van der Waals surface area contributed by atoms with E-state index in [1.54, 1.807) is 11.3 Å². The average molecular weight is 357 g/mol. The summed E-state index contributed by atoms with van der Waals surface area (Å²) < 4.78 is 1.96. The van der Waals surface area contributed by atoms with Crippen LogP contribution < -0.4 is 5.56 Å². The van der Waals surface area contributed by atoms with Crippen LogP contribution in [0.5, 0.6) is 0 Å². The van der Waals surface area contributed by atoms with Gasteiger partial charge in [0.2, 0.25) is 5.91 Å². The third-order valence-corrected chi connectivity index (χ3v) is 6.10. The molecule has 2 aliphatic heterocycles. The summed E-state index contributed by atoms with van der Waals surface area (Å²) in [7, 11) is 3.84. The minimum Gasteiger partial charge on any atom is -0.341 e. The van der Waals surface area contributed by atoms with Gasteiger partial charge in [-0.2, -0.15) is 0 Å². The number of thiophene rings is 1. The Balaban J connectivity index is 1.64. The highest BCUT2D eigenvalue weighted by Gasteiger charge is 2.36. The number of likely N-dealkylation sites (N-methyl/N-ethyl adjacent to an activating group) is 1. The third-order valence-electron chi connectivity index (χ3n) is 5.20. The monoisotopic (exact) mass is 357 g/mol. The molecule has 4 heterocycles. The second-order valence-electron chi connectivity index (χ2n) is 7.40. The van der Waals surface area contributed by atoms with Crippen LogP contribution in [0, 0.1) is 5.92 Å². The summed E-state index contributed by atoms with van der Waals surface area (Å²) in [5.41, 5.74) is 1.99. The fourth-order valence-corrected chi connectivity index (χ4v) is 4.88. The number of fused-ring (bicyclic) bond motifs is 4. The minimum absolute atomic E-state index is 0.114. The number of carbonyl (C=O) groups excluding carboxylic acids is 1. The van der Waals surface area contributed by atoms with Gasteiger partial charge >= 0.3 is 0 Å². The Labute approximate surface area is 151 Å². The van der Waals surface area contributed by atoms with Gasteiger partial charge in [-0.3, -0.25) is 9.59 Å². The number of carbonyl (C=O) groups is 1. The van der Waals surface area contributed by atoms with Crippen molar-refractivity contribution in [3.63, 3.8) is 0 Å². The number of nitrogens with zero attached hydrogens (tertiary/aromatic N) is 3. The van der Waals surface area contributed by atoms with Gasteiger partial charge in [-0.05, 0) is 50.0 Å². The maximum absolute atomic E-state index is 13.0. The summed E-state index contributed by atoms with van der Waals surface area (Å²) in [6.45, 7) is 2.65. The van der Waals surface area contributed by atoms with Gasteiger partial charge in [0.15, 0.2) is 0 Å².